The summed E-state index contributed by atoms with van der Waals surface area (Å²) >= 11 is 5.96. The van der Waals surface area contributed by atoms with Crippen LogP contribution in [0.1, 0.15) is 15.9 Å². The molecule has 0 amide bonds. The Morgan fingerprint density at radius 2 is 2.10 bits per heavy atom. The van der Waals surface area contributed by atoms with Crippen molar-refractivity contribution in [3.63, 3.8) is 0 Å². The summed E-state index contributed by atoms with van der Waals surface area (Å²) in [4.78, 5) is 37.2. The molecule has 1 aromatic heterocycles. The van der Waals surface area contributed by atoms with E-state index in [1.54, 1.807) is 19.1 Å². The van der Waals surface area contributed by atoms with Crippen molar-refractivity contribution >= 4 is 17.4 Å². The van der Waals surface area contributed by atoms with Crippen LogP contribution in [0.15, 0.2) is 34.0 Å². The molecule has 0 atom stereocenters. The van der Waals surface area contributed by atoms with Crippen LogP contribution in [0.5, 0.6) is 5.75 Å². The Hall–Kier alpha value is -2.34. The number of aromatic amines is 1. The molecule has 2 rings (SSSR count). The molecule has 21 heavy (non-hydrogen) atoms. The number of benzene rings is 1. The van der Waals surface area contributed by atoms with Crippen molar-refractivity contribution in [2.75, 3.05) is 7.11 Å². The van der Waals surface area contributed by atoms with Gasteiger partial charge in [-0.2, -0.15) is 0 Å². The molecular weight excluding hydrogens is 296 g/mol. The molecule has 1 heterocycles. The first-order valence-corrected chi connectivity index (χ1v) is 6.47. The van der Waals surface area contributed by atoms with Gasteiger partial charge in [-0.1, -0.05) is 11.6 Å². The second-order valence-electron chi connectivity index (χ2n) is 4.47. The predicted molar refractivity (Wildman–Crippen MR) is 78.4 cm³/mol. The minimum atomic E-state index is -0.626. The van der Waals surface area contributed by atoms with Crippen molar-refractivity contribution in [3.8, 4) is 5.75 Å². The van der Waals surface area contributed by atoms with Crippen molar-refractivity contribution in [2.24, 2.45) is 0 Å². The lowest BCUT2D eigenvalue weighted by molar-refractivity contribution is 0.0970. The Bertz CT molecular complexity index is 807. The summed E-state index contributed by atoms with van der Waals surface area (Å²) in [6, 6.07) is 4.62. The number of Topliss-reactive ketones (excluding diaryl/α,β-unsaturated/α-hetero) is 1. The second kappa shape index (κ2) is 5.97. The lowest BCUT2D eigenvalue weighted by atomic mass is 10.1. The van der Waals surface area contributed by atoms with Gasteiger partial charge in [-0.15, -0.1) is 0 Å². The number of aromatic nitrogens is 2. The van der Waals surface area contributed by atoms with Gasteiger partial charge in [0.25, 0.3) is 5.56 Å². The lowest BCUT2D eigenvalue weighted by Gasteiger charge is -2.07. The molecule has 0 fully saturated rings. The van der Waals surface area contributed by atoms with Crippen LogP contribution in [0.2, 0.25) is 5.02 Å². The van der Waals surface area contributed by atoms with E-state index in [2.05, 4.69) is 4.98 Å². The van der Waals surface area contributed by atoms with Gasteiger partial charge < -0.3 is 4.74 Å². The quantitative estimate of drug-likeness (QED) is 0.865. The molecule has 0 radical (unpaired) electrons. The average Bonchev–Trinajstić information content (AvgIpc) is 2.44. The van der Waals surface area contributed by atoms with Gasteiger partial charge in [0, 0.05) is 17.3 Å². The Balaban J connectivity index is 2.30. The van der Waals surface area contributed by atoms with Gasteiger partial charge in [-0.05, 0) is 25.1 Å². The fourth-order valence-electron chi connectivity index (χ4n) is 1.82. The van der Waals surface area contributed by atoms with Crippen molar-refractivity contribution in [3.05, 3.63) is 61.4 Å². The number of halogens is 1. The van der Waals surface area contributed by atoms with E-state index in [1.165, 1.54) is 19.4 Å². The second-order valence-corrected chi connectivity index (χ2v) is 4.88. The van der Waals surface area contributed by atoms with Gasteiger partial charge >= 0.3 is 5.69 Å². The number of hydrogen-bond acceptors (Lipinski definition) is 4. The van der Waals surface area contributed by atoms with E-state index in [4.69, 9.17) is 16.3 Å². The third-order valence-corrected chi connectivity index (χ3v) is 3.27. The number of hydrogen-bond donors (Lipinski definition) is 1. The summed E-state index contributed by atoms with van der Waals surface area (Å²) in [5.41, 5.74) is -0.374. The topological polar surface area (TPSA) is 81.2 Å². The summed E-state index contributed by atoms with van der Waals surface area (Å²) < 4.78 is 6.16. The molecule has 1 aromatic carbocycles. The number of nitrogens with zero attached hydrogens (tertiary/aromatic N) is 1. The van der Waals surface area contributed by atoms with Crippen LogP contribution in [-0.4, -0.2) is 22.4 Å². The van der Waals surface area contributed by atoms with Crippen LogP contribution < -0.4 is 16.0 Å². The molecule has 110 valence electrons. The van der Waals surface area contributed by atoms with Crippen LogP contribution in [0.4, 0.5) is 0 Å². The Morgan fingerprint density at radius 3 is 2.71 bits per heavy atom. The summed E-state index contributed by atoms with van der Waals surface area (Å²) in [6.07, 6.45) is 1.35. The zero-order valence-electron chi connectivity index (χ0n) is 11.5. The maximum absolute atomic E-state index is 12.2. The normalized spacial score (nSPS) is 10.4. The van der Waals surface area contributed by atoms with E-state index in [1.807, 2.05) is 0 Å². The summed E-state index contributed by atoms with van der Waals surface area (Å²) in [5, 5.41) is 0.313. The average molecular weight is 309 g/mol. The molecule has 2 aromatic rings. The summed E-state index contributed by atoms with van der Waals surface area (Å²) in [6.45, 7) is 1.38. The summed E-state index contributed by atoms with van der Waals surface area (Å²) in [5.74, 6) is 0.165. The van der Waals surface area contributed by atoms with Gasteiger partial charge in [0.2, 0.25) is 0 Å². The molecular formula is C14H13ClN2O4. The van der Waals surface area contributed by atoms with Crippen LogP contribution in [0.25, 0.3) is 0 Å². The van der Waals surface area contributed by atoms with Crippen LogP contribution in [0, 0.1) is 6.92 Å². The standard InChI is InChI=1S/C14H13ClN2O4/c1-8-6-17(14(20)16-13(8)19)7-11(18)9-3-4-12(21-2)10(15)5-9/h3-6H,7H2,1-2H3,(H,16,19,20). The fraction of sp³-hybridized carbons (Fsp3) is 0.214. The number of H-pyrrole nitrogens is 1. The van der Waals surface area contributed by atoms with Gasteiger partial charge in [-0.3, -0.25) is 19.1 Å². The first kappa shape index (κ1) is 15.1. The van der Waals surface area contributed by atoms with Crippen LogP contribution in [0.3, 0.4) is 0 Å². The Morgan fingerprint density at radius 1 is 1.38 bits per heavy atom. The maximum Gasteiger partial charge on any atom is 0.328 e. The molecule has 0 saturated heterocycles. The highest BCUT2D eigenvalue weighted by atomic mass is 35.5. The number of methoxy groups -OCH3 is 1. The highest BCUT2D eigenvalue weighted by molar-refractivity contribution is 6.32. The van der Waals surface area contributed by atoms with E-state index in [-0.39, 0.29) is 12.3 Å². The van der Waals surface area contributed by atoms with Gasteiger partial charge in [-0.25, -0.2) is 4.79 Å². The molecule has 0 spiro atoms. The molecule has 0 saturated carbocycles. The lowest BCUT2D eigenvalue weighted by Crippen LogP contribution is -2.32. The number of nitrogens with one attached hydrogen (secondary N) is 1. The highest BCUT2D eigenvalue weighted by Gasteiger charge is 2.11. The van der Waals surface area contributed by atoms with Gasteiger partial charge in [0.05, 0.1) is 18.7 Å². The van der Waals surface area contributed by atoms with Crippen molar-refractivity contribution in [2.45, 2.75) is 13.5 Å². The number of ketones is 1. The Labute approximate surface area is 124 Å². The monoisotopic (exact) mass is 308 g/mol. The fourth-order valence-corrected chi connectivity index (χ4v) is 2.08. The molecule has 0 aliphatic carbocycles. The number of aryl methyl sites for hydroxylation is 1. The van der Waals surface area contributed by atoms with Crippen LogP contribution >= 0.6 is 11.6 Å². The molecule has 6 nitrogen and oxygen atoms in total. The molecule has 1 N–H and O–H groups in total. The minimum absolute atomic E-state index is 0.181. The summed E-state index contributed by atoms with van der Waals surface area (Å²) in [7, 11) is 1.48. The maximum atomic E-state index is 12.2. The molecule has 0 bridgehead atoms. The molecule has 0 unspecified atom stereocenters. The van der Waals surface area contributed by atoms with Gasteiger partial charge in [0.15, 0.2) is 5.78 Å². The largest absolute Gasteiger partial charge is 0.495 e. The Kier molecular flexibility index (Phi) is 4.28. The van der Waals surface area contributed by atoms with Crippen molar-refractivity contribution < 1.29 is 9.53 Å². The first-order chi connectivity index (χ1) is 9.92. The van der Waals surface area contributed by atoms with E-state index in [0.717, 1.165) is 4.57 Å². The predicted octanol–water partition coefficient (Wildman–Crippen LogP) is 1.39. The molecule has 7 heteroatoms. The van der Waals surface area contributed by atoms with E-state index >= 15 is 0 Å². The van der Waals surface area contributed by atoms with Crippen molar-refractivity contribution in [1.82, 2.24) is 9.55 Å². The zero-order valence-corrected chi connectivity index (χ0v) is 12.2. The van der Waals surface area contributed by atoms with E-state index in [9.17, 15) is 14.4 Å². The smallest absolute Gasteiger partial charge is 0.328 e. The first-order valence-electron chi connectivity index (χ1n) is 6.09. The van der Waals surface area contributed by atoms with E-state index < -0.39 is 11.2 Å². The number of ether oxygens (including phenoxy) is 1. The highest BCUT2D eigenvalue weighted by Crippen LogP contribution is 2.25. The van der Waals surface area contributed by atoms with Crippen molar-refractivity contribution in [1.29, 1.82) is 0 Å². The third kappa shape index (κ3) is 3.22. The third-order valence-electron chi connectivity index (χ3n) is 2.98. The zero-order chi connectivity index (χ0) is 15.6. The van der Waals surface area contributed by atoms with E-state index in [0.29, 0.717) is 21.9 Å². The SMILES string of the molecule is COc1ccc(C(=O)Cn2cc(C)c(=O)[nH]c2=O)cc1Cl. The minimum Gasteiger partial charge on any atom is -0.495 e. The molecule has 0 aliphatic rings. The molecule has 0 aliphatic heterocycles. The number of carbonyl (C=O) groups is 1. The van der Waals surface area contributed by atoms with Crippen LogP contribution in [-0.2, 0) is 6.54 Å². The number of rotatable bonds is 4. The van der Waals surface area contributed by atoms with Gasteiger partial charge in [0.1, 0.15) is 5.75 Å². The number of carbonyl (C=O) groups excluding carboxylic acids is 1.